The third kappa shape index (κ3) is 4.85. The molecule has 1 aromatic heterocycles. The number of nitrogens with zero attached hydrogens (tertiary/aromatic N) is 3. The van der Waals surface area contributed by atoms with Crippen LogP contribution in [-0.4, -0.2) is 41.3 Å². The summed E-state index contributed by atoms with van der Waals surface area (Å²) in [5.74, 6) is -2.93. The van der Waals surface area contributed by atoms with Gasteiger partial charge in [-0.2, -0.15) is 4.31 Å². The molecule has 34 heavy (non-hydrogen) atoms. The van der Waals surface area contributed by atoms with E-state index < -0.39 is 39.4 Å². The highest BCUT2D eigenvalue weighted by Crippen LogP contribution is 2.27. The summed E-state index contributed by atoms with van der Waals surface area (Å²) in [7, 11) is -2.23. The number of halogens is 3. The maximum Gasteiger partial charge on any atom is 0.243 e. The van der Waals surface area contributed by atoms with Gasteiger partial charge < -0.3 is 9.88 Å². The van der Waals surface area contributed by atoms with Crippen molar-refractivity contribution in [1.29, 1.82) is 0 Å². The fourth-order valence-corrected chi connectivity index (χ4v) is 5.49. The topological polar surface area (TPSA) is 84.3 Å². The van der Waals surface area contributed by atoms with E-state index in [1.807, 2.05) is 0 Å². The molecule has 1 aliphatic rings. The van der Waals surface area contributed by atoms with Gasteiger partial charge in [0.1, 0.15) is 17.7 Å². The molecule has 3 aromatic rings. The summed E-state index contributed by atoms with van der Waals surface area (Å²) in [6, 6.07) is 7.60. The molecular formula is C23H23F3N4O3S. The number of hydrogen-bond acceptors (Lipinski definition) is 4. The Morgan fingerprint density at radius 3 is 2.32 bits per heavy atom. The number of nitrogens with one attached hydrogen (secondary N) is 1. The van der Waals surface area contributed by atoms with Crippen LogP contribution in [0.5, 0.6) is 0 Å². The van der Waals surface area contributed by atoms with E-state index in [0.29, 0.717) is 17.5 Å². The molecular weight excluding hydrogens is 469 g/mol. The molecule has 0 saturated carbocycles. The van der Waals surface area contributed by atoms with Gasteiger partial charge in [-0.25, -0.2) is 26.6 Å². The molecule has 1 atom stereocenters. The molecule has 1 amide bonds. The molecule has 7 nitrogen and oxygen atoms in total. The van der Waals surface area contributed by atoms with Crippen molar-refractivity contribution in [2.75, 3.05) is 13.1 Å². The average Bonchev–Trinajstić information content (AvgIpc) is 3.25. The number of aryl methyl sites for hydroxylation is 1. The van der Waals surface area contributed by atoms with E-state index in [4.69, 9.17) is 0 Å². The van der Waals surface area contributed by atoms with Crippen LogP contribution in [0, 0.1) is 23.4 Å². The third-order valence-corrected chi connectivity index (χ3v) is 7.85. The Bertz CT molecular complexity index is 1290. The number of hydrogen-bond donors (Lipinski definition) is 1. The lowest BCUT2D eigenvalue weighted by molar-refractivity contribution is -0.126. The fraction of sp³-hybridized carbons (Fsp3) is 0.304. The van der Waals surface area contributed by atoms with E-state index in [2.05, 4.69) is 10.3 Å². The number of amides is 1. The Balaban J connectivity index is 1.46. The zero-order valence-corrected chi connectivity index (χ0v) is 19.1. The summed E-state index contributed by atoms with van der Waals surface area (Å²) in [4.78, 5) is 17.1. The van der Waals surface area contributed by atoms with Gasteiger partial charge in [0.25, 0.3) is 0 Å². The average molecular weight is 493 g/mol. The van der Waals surface area contributed by atoms with Crippen LogP contribution in [0.1, 0.15) is 30.3 Å². The molecule has 4 rings (SSSR count). The van der Waals surface area contributed by atoms with Crippen LogP contribution in [0.4, 0.5) is 13.2 Å². The molecule has 2 heterocycles. The number of piperidine rings is 1. The Morgan fingerprint density at radius 1 is 1.06 bits per heavy atom. The second kappa shape index (κ2) is 9.59. The largest absolute Gasteiger partial charge is 0.342 e. The first-order chi connectivity index (χ1) is 16.2. The third-order valence-electron chi connectivity index (χ3n) is 5.96. The predicted molar refractivity (Wildman–Crippen MR) is 117 cm³/mol. The quantitative estimate of drug-likeness (QED) is 0.573. The molecule has 0 unspecified atom stereocenters. The number of imidazole rings is 1. The van der Waals surface area contributed by atoms with Crippen LogP contribution in [0.25, 0.3) is 0 Å². The molecule has 0 aliphatic carbocycles. The SMILES string of the molecule is Cn1ccnc1[C@@H](NC(=O)C1CCN(S(=O)(=O)c2ccc(F)c(F)c2)CC1)c1ccc(F)cc1. The van der Waals surface area contributed by atoms with Crippen LogP contribution in [0.3, 0.4) is 0 Å². The molecule has 1 saturated heterocycles. The second-order valence-electron chi connectivity index (χ2n) is 8.14. The van der Waals surface area contributed by atoms with E-state index in [0.717, 1.165) is 12.1 Å². The van der Waals surface area contributed by atoms with E-state index in [-0.39, 0.29) is 36.7 Å². The van der Waals surface area contributed by atoms with Crippen molar-refractivity contribution in [1.82, 2.24) is 19.2 Å². The Labute approximate surface area is 195 Å². The van der Waals surface area contributed by atoms with Gasteiger partial charge in [0.05, 0.1) is 4.90 Å². The predicted octanol–water partition coefficient (Wildman–Crippen LogP) is 3.14. The van der Waals surface area contributed by atoms with Gasteiger partial charge in [-0.05, 0) is 48.7 Å². The van der Waals surface area contributed by atoms with E-state index in [1.54, 1.807) is 36.1 Å². The van der Waals surface area contributed by atoms with Gasteiger partial charge >= 0.3 is 0 Å². The fourth-order valence-electron chi connectivity index (χ4n) is 4.01. The minimum atomic E-state index is -4.02. The Kier molecular flexibility index (Phi) is 6.76. The minimum absolute atomic E-state index is 0.0586. The Morgan fingerprint density at radius 2 is 1.74 bits per heavy atom. The molecule has 0 spiro atoms. The van der Waals surface area contributed by atoms with Crippen molar-refractivity contribution in [3.8, 4) is 0 Å². The monoisotopic (exact) mass is 492 g/mol. The molecule has 11 heteroatoms. The summed E-state index contributed by atoms with van der Waals surface area (Å²) < 4.78 is 68.7. The van der Waals surface area contributed by atoms with Crippen LogP contribution in [0.2, 0.25) is 0 Å². The summed E-state index contributed by atoms with van der Waals surface area (Å²) in [5.41, 5.74) is 0.655. The second-order valence-corrected chi connectivity index (χ2v) is 10.1. The maximum absolute atomic E-state index is 13.5. The highest BCUT2D eigenvalue weighted by atomic mass is 32.2. The van der Waals surface area contributed by atoms with Gasteiger partial charge in [-0.15, -0.1) is 0 Å². The summed E-state index contributed by atoms with van der Waals surface area (Å²) in [6.45, 7) is 0.117. The van der Waals surface area contributed by atoms with Crippen molar-refractivity contribution in [3.05, 3.63) is 83.7 Å². The van der Waals surface area contributed by atoms with Crippen molar-refractivity contribution < 1.29 is 26.4 Å². The van der Waals surface area contributed by atoms with Crippen molar-refractivity contribution >= 4 is 15.9 Å². The zero-order valence-electron chi connectivity index (χ0n) is 18.3. The highest BCUT2D eigenvalue weighted by Gasteiger charge is 2.34. The summed E-state index contributed by atoms with van der Waals surface area (Å²) in [5, 5.41) is 2.96. The van der Waals surface area contributed by atoms with Gasteiger partial charge in [-0.1, -0.05) is 12.1 Å². The van der Waals surface area contributed by atoms with Gasteiger partial charge in [0, 0.05) is 38.4 Å². The first-order valence-electron chi connectivity index (χ1n) is 10.6. The molecule has 1 fully saturated rings. The summed E-state index contributed by atoms with van der Waals surface area (Å²) >= 11 is 0. The summed E-state index contributed by atoms with van der Waals surface area (Å²) in [6.07, 6.45) is 3.84. The lowest BCUT2D eigenvalue weighted by Crippen LogP contribution is -2.44. The van der Waals surface area contributed by atoms with Gasteiger partial charge in [-0.3, -0.25) is 4.79 Å². The maximum atomic E-state index is 13.5. The highest BCUT2D eigenvalue weighted by molar-refractivity contribution is 7.89. The van der Waals surface area contributed by atoms with Crippen LogP contribution in [0.15, 0.2) is 59.8 Å². The van der Waals surface area contributed by atoms with E-state index in [1.165, 1.54) is 16.4 Å². The van der Waals surface area contributed by atoms with Gasteiger partial charge in [0.15, 0.2) is 11.6 Å². The molecule has 0 bridgehead atoms. The minimum Gasteiger partial charge on any atom is -0.342 e. The van der Waals surface area contributed by atoms with Crippen LogP contribution >= 0.6 is 0 Å². The lowest BCUT2D eigenvalue weighted by Gasteiger charge is -2.31. The first-order valence-corrected chi connectivity index (χ1v) is 12.1. The standard InChI is InChI=1S/C23H23F3N4O3S/c1-29-13-10-27-22(29)21(15-2-4-17(24)5-3-15)28-23(31)16-8-11-30(12-9-16)34(32,33)18-6-7-19(25)20(26)14-18/h2-7,10,13-14,16,21H,8-9,11-12H2,1H3,(H,28,31)/t21-/m0/s1. The molecule has 1 aliphatic heterocycles. The number of aromatic nitrogens is 2. The number of rotatable bonds is 6. The number of sulfonamides is 1. The zero-order chi connectivity index (χ0) is 24.5. The normalized spacial score (nSPS) is 16.4. The van der Waals surface area contributed by atoms with Crippen LogP contribution in [-0.2, 0) is 21.9 Å². The van der Waals surface area contributed by atoms with Crippen molar-refractivity contribution in [3.63, 3.8) is 0 Å². The molecule has 2 aromatic carbocycles. The number of benzene rings is 2. The lowest BCUT2D eigenvalue weighted by atomic mass is 9.96. The Hall–Kier alpha value is -3.18. The smallest absolute Gasteiger partial charge is 0.243 e. The molecule has 180 valence electrons. The van der Waals surface area contributed by atoms with Crippen LogP contribution < -0.4 is 5.32 Å². The van der Waals surface area contributed by atoms with E-state index in [9.17, 15) is 26.4 Å². The number of carbonyl (C=O) groups is 1. The molecule has 0 radical (unpaired) electrons. The van der Waals surface area contributed by atoms with Gasteiger partial charge in [0.2, 0.25) is 15.9 Å². The molecule has 1 N–H and O–H groups in total. The number of carbonyl (C=O) groups excluding carboxylic acids is 1. The van der Waals surface area contributed by atoms with Crippen molar-refractivity contribution in [2.45, 2.75) is 23.8 Å². The van der Waals surface area contributed by atoms with Crippen molar-refractivity contribution in [2.24, 2.45) is 13.0 Å². The van der Waals surface area contributed by atoms with E-state index >= 15 is 0 Å². The first kappa shape index (κ1) is 24.0.